The van der Waals surface area contributed by atoms with Crippen LogP contribution < -0.4 is 0 Å². The number of aliphatic hydroxyl groups is 1. The van der Waals surface area contributed by atoms with Crippen LogP contribution in [0, 0.1) is 0 Å². The molecule has 0 aromatic carbocycles. The minimum atomic E-state index is -2.17. The van der Waals surface area contributed by atoms with Gasteiger partial charge in [0.2, 0.25) is 0 Å². The van der Waals surface area contributed by atoms with Crippen molar-refractivity contribution in [2.75, 3.05) is 7.11 Å². The first-order valence-electron chi connectivity index (χ1n) is 3.84. The molecule has 0 aromatic heterocycles. The van der Waals surface area contributed by atoms with E-state index in [0.29, 0.717) is 0 Å². The van der Waals surface area contributed by atoms with Gasteiger partial charge in [0.25, 0.3) is 0 Å². The number of esters is 1. The number of carbonyl (C=O) groups excluding carboxylic acids is 2. The average Bonchev–Trinajstić information content (AvgIpc) is 2.02. The third kappa shape index (κ3) is 3.53. The molecule has 1 atom stereocenters. The highest BCUT2D eigenvalue weighted by Crippen LogP contribution is 2.17. The third-order valence-electron chi connectivity index (χ3n) is 1.76. The molecule has 6 heteroatoms. The number of ketones is 1. The Morgan fingerprint density at radius 3 is 2.07 bits per heavy atom. The number of rotatable bonds is 5. The Balaban J connectivity index is 4.63. The van der Waals surface area contributed by atoms with Gasteiger partial charge < -0.3 is 14.9 Å². The maximum atomic E-state index is 10.9. The molecule has 80 valence electrons. The van der Waals surface area contributed by atoms with Crippen molar-refractivity contribution >= 4 is 17.7 Å². The SMILES string of the molecule is COC(=O)CC(O)(CC(=O)O)C(C)=O. The summed E-state index contributed by atoms with van der Waals surface area (Å²) in [6, 6.07) is 0. The number of carbonyl (C=O) groups is 3. The fourth-order valence-corrected chi connectivity index (χ4v) is 0.873. The summed E-state index contributed by atoms with van der Waals surface area (Å²) in [7, 11) is 1.09. The highest BCUT2D eigenvalue weighted by atomic mass is 16.5. The van der Waals surface area contributed by atoms with Crippen LogP contribution in [0.25, 0.3) is 0 Å². The number of hydrogen-bond donors (Lipinski definition) is 2. The molecular formula is C8H12O6. The highest BCUT2D eigenvalue weighted by Gasteiger charge is 2.38. The second-order valence-electron chi connectivity index (χ2n) is 2.91. The topological polar surface area (TPSA) is 101 Å². The summed E-state index contributed by atoms with van der Waals surface area (Å²) in [6.07, 6.45) is -1.46. The fourth-order valence-electron chi connectivity index (χ4n) is 0.873. The van der Waals surface area contributed by atoms with Crippen molar-refractivity contribution < 1.29 is 29.3 Å². The highest BCUT2D eigenvalue weighted by molar-refractivity contribution is 5.92. The third-order valence-corrected chi connectivity index (χ3v) is 1.76. The standard InChI is InChI=1S/C8H12O6/c1-5(9)8(13,3-6(10)11)4-7(12)14-2/h13H,3-4H2,1-2H3,(H,10,11). The minimum Gasteiger partial charge on any atom is -0.481 e. The van der Waals surface area contributed by atoms with Crippen LogP contribution in [0.5, 0.6) is 0 Å². The van der Waals surface area contributed by atoms with Crippen molar-refractivity contribution in [3.05, 3.63) is 0 Å². The molecule has 14 heavy (non-hydrogen) atoms. The van der Waals surface area contributed by atoms with Gasteiger partial charge in [0.1, 0.15) is 5.60 Å². The number of Topliss-reactive ketones (excluding diaryl/α,β-unsaturated/α-hetero) is 1. The second kappa shape index (κ2) is 4.71. The van der Waals surface area contributed by atoms with Crippen LogP contribution >= 0.6 is 0 Å². The van der Waals surface area contributed by atoms with Crippen LogP contribution in [0.4, 0.5) is 0 Å². The van der Waals surface area contributed by atoms with Gasteiger partial charge in [-0.3, -0.25) is 14.4 Å². The molecule has 0 amide bonds. The molecule has 6 nitrogen and oxygen atoms in total. The Kier molecular flexibility index (Phi) is 4.23. The zero-order valence-electron chi connectivity index (χ0n) is 7.94. The first-order chi connectivity index (χ1) is 6.31. The van der Waals surface area contributed by atoms with Crippen molar-refractivity contribution in [2.45, 2.75) is 25.4 Å². The normalized spacial score (nSPS) is 14.2. The molecule has 0 aromatic rings. The van der Waals surface area contributed by atoms with Crippen LogP contribution in [0.3, 0.4) is 0 Å². The summed E-state index contributed by atoms with van der Waals surface area (Å²) in [4.78, 5) is 32.0. The van der Waals surface area contributed by atoms with E-state index < -0.39 is 36.2 Å². The molecule has 0 radical (unpaired) electrons. The van der Waals surface area contributed by atoms with Gasteiger partial charge in [-0.25, -0.2) is 0 Å². The molecule has 0 saturated carbocycles. The van der Waals surface area contributed by atoms with Gasteiger partial charge in [0.15, 0.2) is 5.78 Å². The van der Waals surface area contributed by atoms with Gasteiger partial charge >= 0.3 is 11.9 Å². The van der Waals surface area contributed by atoms with Crippen LogP contribution in [-0.2, 0) is 19.1 Å². The maximum Gasteiger partial charge on any atom is 0.308 e. The van der Waals surface area contributed by atoms with Gasteiger partial charge in [0.05, 0.1) is 20.0 Å². The van der Waals surface area contributed by atoms with E-state index in [-0.39, 0.29) is 0 Å². The van der Waals surface area contributed by atoms with Crippen molar-refractivity contribution in [1.82, 2.24) is 0 Å². The lowest BCUT2D eigenvalue weighted by atomic mass is 9.91. The average molecular weight is 204 g/mol. The fraction of sp³-hybridized carbons (Fsp3) is 0.625. The number of ether oxygens (including phenoxy) is 1. The lowest BCUT2D eigenvalue weighted by Crippen LogP contribution is -2.41. The van der Waals surface area contributed by atoms with E-state index >= 15 is 0 Å². The number of carboxylic acids is 1. The lowest BCUT2D eigenvalue weighted by molar-refractivity contribution is -0.158. The maximum absolute atomic E-state index is 10.9. The Morgan fingerprint density at radius 1 is 1.29 bits per heavy atom. The molecule has 1 unspecified atom stereocenters. The first kappa shape index (κ1) is 12.6. The van der Waals surface area contributed by atoms with Crippen molar-refractivity contribution in [1.29, 1.82) is 0 Å². The molecule has 2 N–H and O–H groups in total. The Hall–Kier alpha value is -1.43. The van der Waals surface area contributed by atoms with Gasteiger partial charge in [-0.05, 0) is 6.92 Å². The Bertz CT molecular complexity index is 259. The van der Waals surface area contributed by atoms with E-state index in [4.69, 9.17) is 5.11 Å². The largest absolute Gasteiger partial charge is 0.481 e. The lowest BCUT2D eigenvalue weighted by Gasteiger charge is -2.21. The Labute approximate surface area is 80.5 Å². The van der Waals surface area contributed by atoms with Gasteiger partial charge in [-0.1, -0.05) is 0 Å². The molecular weight excluding hydrogens is 192 g/mol. The van der Waals surface area contributed by atoms with Crippen molar-refractivity contribution in [3.8, 4) is 0 Å². The minimum absolute atomic E-state index is 0.648. The van der Waals surface area contributed by atoms with E-state index in [1.54, 1.807) is 0 Å². The zero-order valence-corrected chi connectivity index (χ0v) is 7.94. The molecule has 0 bridgehead atoms. The smallest absolute Gasteiger partial charge is 0.308 e. The van der Waals surface area contributed by atoms with Crippen molar-refractivity contribution in [3.63, 3.8) is 0 Å². The quantitative estimate of drug-likeness (QED) is 0.577. The van der Waals surface area contributed by atoms with Gasteiger partial charge in [-0.15, -0.1) is 0 Å². The summed E-state index contributed by atoms with van der Waals surface area (Å²) in [5.74, 6) is -2.96. The summed E-state index contributed by atoms with van der Waals surface area (Å²) in [5.41, 5.74) is -2.17. The summed E-state index contributed by atoms with van der Waals surface area (Å²) >= 11 is 0. The summed E-state index contributed by atoms with van der Waals surface area (Å²) in [6.45, 7) is 1.02. The predicted molar refractivity (Wildman–Crippen MR) is 44.5 cm³/mol. The Morgan fingerprint density at radius 2 is 1.79 bits per heavy atom. The van der Waals surface area contributed by atoms with E-state index in [9.17, 15) is 19.5 Å². The second-order valence-corrected chi connectivity index (χ2v) is 2.91. The summed E-state index contributed by atoms with van der Waals surface area (Å²) < 4.78 is 4.23. The van der Waals surface area contributed by atoms with Gasteiger partial charge in [-0.2, -0.15) is 0 Å². The molecule has 0 aliphatic rings. The molecule has 0 aliphatic heterocycles. The molecule has 0 aliphatic carbocycles. The van der Waals surface area contributed by atoms with Gasteiger partial charge in [0, 0.05) is 0 Å². The van der Waals surface area contributed by atoms with E-state index in [2.05, 4.69) is 4.74 Å². The van der Waals surface area contributed by atoms with Crippen LogP contribution in [-0.4, -0.2) is 40.6 Å². The zero-order chi connectivity index (χ0) is 11.4. The van der Waals surface area contributed by atoms with Crippen LogP contribution in [0.15, 0.2) is 0 Å². The number of aliphatic carboxylic acids is 1. The molecule has 0 saturated heterocycles. The molecule has 0 heterocycles. The number of hydrogen-bond acceptors (Lipinski definition) is 5. The van der Waals surface area contributed by atoms with Crippen molar-refractivity contribution in [2.24, 2.45) is 0 Å². The molecule has 0 fully saturated rings. The monoisotopic (exact) mass is 204 g/mol. The number of carboxylic acid groups (broad SMARTS) is 1. The number of methoxy groups -OCH3 is 1. The van der Waals surface area contributed by atoms with E-state index in [0.717, 1.165) is 14.0 Å². The molecule has 0 rings (SSSR count). The summed E-state index contributed by atoms with van der Waals surface area (Å²) in [5, 5.41) is 17.9. The van der Waals surface area contributed by atoms with E-state index in [1.165, 1.54) is 0 Å². The predicted octanol–water partition coefficient (Wildman–Crippen LogP) is -0.656. The van der Waals surface area contributed by atoms with Crippen LogP contribution in [0.1, 0.15) is 19.8 Å². The van der Waals surface area contributed by atoms with E-state index in [1.807, 2.05) is 0 Å². The molecule has 0 spiro atoms. The van der Waals surface area contributed by atoms with Crippen LogP contribution in [0.2, 0.25) is 0 Å². The first-order valence-corrected chi connectivity index (χ1v) is 3.84.